The van der Waals surface area contributed by atoms with Gasteiger partial charge in [0.2, 0.25) is 11.3 Å². The number of hydrogen-bond donors (Lipinski definition) is 1. The highest BCUT2D eigenvalue weighted by molar-refractivity contribution is 7.12. The third-order valence-electron chi connectivity index (χ3n) is 6.46. The lowest BCUT2D eigenvalue weighted by Crippen LogP contribution is -2.51. The van der Waals surface area contributed by atoms with Gasteiger partial charge in [-0.15, -0.1) is 11.3 Å². The molecule has 13 heteroatoms. The topological polar surface area (TPSA) is 132 Å². The summed E-state index contributed by atoms with van der Waals surface area (Å²) in [6, 6.07) is 2.87. The van der Waals surface area contributed by atoms with E-state index in [0.717, 1.165) is 18.7 Å². The zero-order chi connectivity index (χ0) is 27.8. The molecule has 1 aliphatic heterocycles. The van der Waals surface area contributed by atoms with Gasteiger partial charge >= 0.3 is 5.97 Å². The number of carboxylic acid groups (broad SMARTS) is 1. The Morgan fingerprint density at radius 3 is 2.69 bits per heavy atom. The van der Waals surface area contributed by atoms with E-state index in [1.54, 1.807) is 21.0 Å². The largest absolute Gasteiger partial charge is 0.478 e. The maximum Gasteiger partial charge on any atom is 0.341 e. The standard InChI is InChI=1S/C26H27FN6O5S/c1-4-6-38-21-9-16(30-33(21)14(2)3)8-20(34)15-11-31(12-15)24-19(27)10-17-22(35)18(25(36)37)13-32(23(17)29-24)26-28-5-7-39-26/h5,7,9-10,13-15H,4,6,8,11-12H2,1-3H3,(H,36,37). The molecule has 1 aliphatic rings. The molecule has 204 valence electrons. The summed E-state index contributed by atoms with van der Waals surface area (Å²) in [5.74, 6) is -1.94. The number of carbonyl (C=O) groups excluding carboxylic acids is 1. The highest BCUT2D eigenvalue weighted by atomic mass is 32.1. The van der Waals surface area contributed by atoms with Crippen molar-refractivity contribution in [3.63, 3.8) is 0 Å². The molecule has 1 fully saturated rings. The molecule has 11 nitrogen and oxygen atoms in total. The number of aromatic nitrogens is 5. The smallest absolute Gasteiger partial charge is 0.341 e. The number of anilines is 1. The summed E-state index contributed by atoms with van der Waals surface area (Å²) in [5.41, 5.74) is -0.632. The van der Waals surface area contributed by atoms with Crippen LogP contribution in [0.4, 0.5) is 10.2 Å². The zero-order valence-corrected chi connectivity index (χ0v) is 22.4. The monoisotopic (exact) mass is 554 g/mol. The van der Waals surface area contributed by atoms with Crippen molar-refractivity contribution in [1.29, 1.82) is 0 Å². The summed E-state index contributed by atoms with van der Waals surface area (Å²) >= 11 is 1.22. The van der Waals surface area contributed by atoms with Gasteiger partial charge in [0.1, 0.15) is 11.3 Å². The Balaban J connectivity index is 1.38. The fraction of sp³-hybridized carbons (Fsp3) is 0.385. The number of pyridine rings is 2. The Bertz CT molecular complexity index is 1610. The number of ether oxygens (including phenoxy) is 1. The molecule has 0 spiro atoms. The number of hydrogen-bond acceptors (Lipinski definition) is 9. The van der Waals surface area contributed by atoms with Gasteiger partial charge in [-0.1, -0.05) is 6.92 Å². The quantitative estimate of drug-likeness (QED) is 0.313. The Morgan fingerprint density at radius 1 is 1.28 bits per heavy atom. The van der Waals surface area contributed by atoms with Crippen molar-refractivity contribution in [2.24, 2.45) is 5.92 Å². The molecule has 39 heavy (non-hydrogen) atoms. The molecule has 0 aliphatic carbocycles. The second-order valence-corrected chi connectivity index (χ2v) is 10.5. The first-order valence-corrected chi connectivity index (χ1v) is 13.4. The normalized spacial score (nSPS) is 13.7. The van der Waals surface area contributed by atoms with Crippen molar-refractivity contribution >= 4 is 39.9 Å². The van der Waals surface area contributed by atoms with Crippen LogP contribution < -0.4 is 15.1 Å². The maximum absolute atomic E-state index is 15.2. The van der Waals surface area contributed by atoms with Crippen LogP contribution in [0.15, 0.2) is 34.7 Å². The predicted octanol–water partition coefficient (Wildman–Crippen LogP) is 3.49. The number of Topliss-reactive ketones (excluding diaryl/α,β-unsaturated/α-hetero) is 1. The Labute approximate surface area is 226 Å². The highest BCUT2D eigenvalue weighted by Gasteiger charge is 2.35. The second kappa shape index (κ2) is 10.6. The molecule has 5 heterocycles. The number of aromatic carboxylic acids is 1. The third kappa shape index (κ3) is 5.01. The van der Waals surface area contributed by atoms with Crippen LogP contribution in [0.2, 0.25) is 0 Å². The summed E-state index contributed by atoms with van der Waals surface area (Å²) in [7, 11) is 0. The first-order valence-electron chi connectivity index (χ1n) is 12.6. The maximum atomic E-state index is 15.2. The molecule has 0 atom stereocenters. The number of ketones is 1. The van der Waals surface area contributed by atoms with Crippen LogP contribution >= 0.6 is 11.3 Å². The van der Waals surface area contributed by atoms with Gasteiger partial charge in [0, 0.05) is 36.9 Å². The summed E-state index contributed by atoms with van der Waals surface area (Å²) in [6.07, 6.45) is 3.67. The third-order valence-corrected chi connectivity index (χ3v) is 7.23. The highest BCUT2D eigenvalue weighted by Crippen LogP contribution is 2.30. The molecule has 0 amide bonds. The minimum Gasteiger partial charge on any atom is -0.478 e. The van der Waals surface area contributed by atoms with Crippen molar-refractivity contribution in [1.82, 2.24) is 24.3 Å². The van der Waals surface area contributed by atoms with Crippen LogP contribution in [0.3, 0.4) is 0 Å². The molecule has 0 unspecified atom stereocenters. The number of fused-ring (bicyclic) bond motifs is 1. The van der Waals surface area contributed by atoms with Crippen LogP contribution in [0.25, 0.3) is 16.2 Å². The van der Waals surface area contributed by atoms with E-state index in [1.807, 2.05) is 20.8 Å². The van der Waals surface area contributed by atoms with Gasteiger partial charge in [0.25, 0.3) is 0 Å². The minimum atomic E-state index is -1.43. The van der Waals surface area contributed by atoms with E-state index >= 15 is 4.39 Å². The van der Waals surface area contributed by atoms with Crippen molar-refractivity contribution in [2.45, 2.75) is 39.7 Å². The molecule has 0 bridgehead atoms. The van der Waals surface area contributed by atoms with Crippen LogP contribution in [-0.2, 0) is 11.2 Å². The number of rotatable bonds is 10. The molecule has 4 aromatic heterocycles. The van der Waals surface area contributed by atoms with Gasteiger partial charge in [-0.3, -0.25) is 14.2 Å². The number of halogens is 1. The van der Waals surface area contributed by atoms with Gasteiger partial charge < -0.3 is 14.7 Å². The number of carbonyl (C=O) groups is 2. The summed E-state index contributed by atoms with van der Waals surface area (Å²) in [6.45, 7) is 7.06. The average molecular weight is 555 g/mol. The molecular weight excluding hydrogens is 527 g/mol. The molecule has 1 saturated heterocycles. The number of nitrogens with zero attached hydrogens (tertiary/aromatic N) is 6. The first kappa shape index (κ1) is 26.5. The summed E-state index contributed by atoms with van der Waals surface area (Å²) in [5, 5.41) is 15.9. The van der Waals surface area contributed by atoms with Crippen molar-refractivity contribution in [3.8, 4) is 11.0 Å². The molecule has 0 aromatic carbocycles. The molecule has 5 rings (SSSR count). The lowest BCUT2D eigenvalue weighted by Gasteiger charge is -2.39. The zero-order valence-electron chi connectivity index (χ0n) is 21.6. The lowest BCUT2D eigenvalue weighted by molar-refractivity contribution is -0.123. The van der Waals surface area contributed by atoms with Crippen LogP contribution in [0.1, 0.15) is 49.3 Å². The van der Waals surface area contributed by atoms with E-state index in [0.29, 0.717) is 23.3 Å². The van der Waals surface area contributed by atoms with Gasteiger partial charge in [-0.25, -0.2) is 23.8 Å². The fourth-order valence-corrected chi connectivity index (χ4v) is 5.06. The molecule has 0 radical (unpaired) electrons. The van der Waals surface area contributed by atoms with E-state index in [-0.39, 0.29) is 54.1 Å². The van der Waals surface area contributed by atoms with Crippen LogP contribution in [-0.4, -0.2) is 60.9 Å². The number of carboxylic acids is 1. The molecule has 1 N–H and O–H groups in total. The van der Waals surface area contributed by atoms with Gasteiger partial charge in [0.15, 0.2) is 22.4 Å². The van der Waals surface area contributed by atoms with E-state index < -0.39 is 22.8 Å². The van der Waals surface area contributed by atoms with E-state index in [2.05, 4.69) is 15.1 Å². The second-order valence-electron chi connectivity index (χ2n) is 9.63. The first-order chi connectivity index (χ1) is 18.7. The van der Waals surface area contributed by atoms with Crippen LogP contribution in [0.5, 0.6) is 5.88 Å². The van der Waals surface area contributed by atoms with Crippen molar-refractivity contribution in [3.05, 3.63) is 57.2 Å². The minimum absolute atomic E-state index is 0.0151. The SMILES string of the molecule is CCCOc1cc(CC(=O)C2CN(c3nc4c(cc3F)c(=O)c(C(=O)O)cn4-c3nccs3)C2)nn1C(C)C. The predicted molar refractivity (Wildman–Crippen MR) is 143 cm³/mol. The van der Waals surface area contributed by atoms with Gasteiger partial charge in [0.05, 0.1) is 36.1 Å². The Kier molecular flexibility index (Phi) is 7.17. The lowest BCUT2D eigenvalue weighted by atomic mass is 9.92. The van der Waals surface area contributed by atoms with Crippen molar-refractivity contribution in [2.75, 3.05) is 24.6 Å². The molecular formula is C26H27FN6O5S. The van der Waals surface area contributed by atoms with Gasteiger partial charge in [-0.2, -0.15) is 5.10 Å². The summed E-state index contributed by atoms with van der Waals surface area (Å²) in [4.78, 5) is 47.6. The van der Waals surface area contributed by atoms with E-state index in [9.17, 15) is 19.5 Å². The van der Waals surface area contributed by atoms with Crippen LogP contribution in [0, 0.1) is 11.7 Å². The van der Waals surface area contributed by atoms with E-state index in [1.165, 1.54) is 22.1 Å². The molecule has 0 saturated carbocycles. The Hall–Kier alpha value is -4.13. The number of thiazole rings is 1. The fourth-order valence-electron chi connectivity index (χ4n) is 4.44. The van der Waals surface area contributed by atoms with Gasteiger partial charge in [-0.05, 0) is 26.3 Å². The van der Waals surface area contributed by atoms with Crippen molar-refractivity contribution < 1.29 is 23.8 Å². The summed E-state index contributed by atoms with van der Waals surface area (Å²) < 4.78 is 24.1. The Morgan fingerprint density at radius 2 is 2.05 bits per heavy atom. The molecule has 4 aromatic rings. The average Bonchev–Trinajstić information content (AvgIpc) is 3.53. The van der Waals surface area contributed by atoms with E-state index in [4.69, 9.17) is 4.74 Å².